The highest BCUT2D eigenvalue weighted by atomic mass is 16.3. The van der Waals surface area contributed by atoms with Crippen LogP contribution in [0.25, 0.3) is 88.1 Å². The number of hydrogen-bond donors (Lipinski definition) is 0. The summed E-state index contributed by atoms with van der Waals surface area (Å²) < 4.78 is 10.9. The molecule has 0 saturated heterocycles. The average molecular weight is 625 g/mol. The number of rotatable bonds is 3. The molecule has 0 atom stereocenters. The molecule has 10 aromatic rings. The molecule has 0 unspecified atom stereocenters. The number of nitrogens with zero attached hydrogens (tertiary/aromatic N) is 4. The van der Waals surface area contributed by atoms with Crippen LogP contribution in [0.3, 0.4) is 0 Å². The van der Waals surface area contributed by atoms with Gasteiger partial charge >= 0.3 is 0 Å². The summed E-state index contributed by atoms with van der Waals surface area (Å²) in [4.78, 5) is 0. The molecule has 10 rings (SSSR count). The molecule has 0 bridgehead atoms. The highest BCUT2D eigenvalue weighted by molar-refractivity contribution is 6.25. The first-order valence-corrected chi connectivity index (χ1v) is 16.1. The van der Waals surface area contributed by atoms with E-state index in [0.717, 1.165) is 88.1 Å². The Bertz CT molecular complexity index is 3070. The van der Waals surface area contributed by atoms with E-state index in [1.165, 1.54) is 0 Å². The van der Waals surface area contributed by atoms with Gasteiger partial charge in [0.15, 0.2) is 0 Å². The summed E-state index contributed by atoms with van der Waals surface area (Å²) in [6.45, 7) is 0. The van der Waals surface area contributed by atoms with Crippen molar-refractivity contribution in [2.75, 3.05) is 0 Å². The van der Waals surface area contributed by atoms with Gasteiger partial charge in [0.2, 0.25) is 0 Å². The van der Waals surface area contributed by atoms with Gasteiger partial charge in [-0.25, -0.2) is 0 Å². The minimum Gasteiger partial charge on any atom is -0.456 e. The molecule has 5 heteroatoms. The van der Waals surface area contributed by atoms with Crippen molar-refractivity contribution >= 4 is 65.6 Å². The molecule has 0 aliphatic rings. The Morgan fingerprint density at radius 2 is 1.22 bits per heavy atom. The van der Waals surface area contributed by atoms with E-state index in [4.69, 9.17) is 4.42 Å². The zero-order valence-electron chi connectivity index (χ0n) is 26.1. The molecular formula is C44H24N4O. The van der Waals surface area contributed by atoms with Crippen LogP contribution in [0.2, 0.25) is 0 Å². The van der Waals surface area contributed by atoms with Crippen LogP contribution in [0.1, 0.15) is 11.1 Å². The molecule has 0 N–H and O–H groups in total. The number of para-hydroxylation sites is 3. The standard InChI is InChI=1S/C44H24N4O/c45-25-27-17-20-38-34(23-27)31-12-4-6-14-36(31)48(38)39-15-8-9-29(26-46)42(39)28-18-21-37-35(24-28)32-19-22-41-43(33-13-5-7-16-40(33)49-41)44(32)47(37)30-10-2-1-3-11-30/h1-24H. The van der Waals surface area contributed by atoms with Crippen LogP contribution >= 0.6 is 0 Å². The first-order valence-electron chi connectivity index (χ1n) is 16.1. The molecule has 226 valence electrons. The predicted molar refractivity (Wildman–Crippen MR) is 197 cm³/mol. The van der Waals surface area contributed by atoms with Gasteiger partial charge in [0, 0.05) is 38.2 Å². The summed E-state index contributed by atoms with van der Waals surface area (Å²) in [5.74, 6) is 0. The van der Waals surface area contributed by atoms with Crippen molar-refractivity contribution in [3.05, 3.63) is 157 Å². The van der Waals surface area contributed by atoms with Gasteiger partial charge < -0.3 is 13.6 Å². The number of aromatic nitrogens is 2. The van der Waals surface area contributed by atoms with E-state index in [0.29, 0.717) is 11.1 Å². The van der Waals surface area contributed by atoms with Gasteiger partial charge in [-0.05, 0) is 84.4 Å². The Hall–Kier alpha value is -7.08. The lowest BCUT2D eigenvalue weighted by Crippen LogP contribution is -1.99. The minimum atomic E-state index is 0.589. The lowest BCUT2D eigenvalue weighted by Gasteiger charge is -2.16. The van der Waals surface area contributed by atoms with Crippen molar-refractivity contribution in [2.45, 2.75) is 0 Å². The Morgan fingerprint density at radius 1 is 0.490 bits per heavy atom. The Labute approximate surface area is 280 Å². The van der Waals surface area contributed by atoms with Gasteiger partial charge in [-0.2, -0.15) is 10.5 Å². The Kier molecular flexibility index (Phi) is 5.64. The summed E-state index contributed by atoms with van der Waals surface area (Å²) in [6.07, 6.45) is 0. The molecule has 0 spiro atoms. The fraction of sp³-hybridized carbons (Fsp3) is 0. The summed E-state index contributed by atoms with van der Waals surface area (Å²) in [6, 6.07) is 54.2. The van der Waals surface area contributed by atoms with Crippen molar-refractivity contribution < 1.29 is 4.42 Å². The smallest absolute Gasteiger partial charge is 0.137 e. The molecule has 49 heavy (non-hydrogen) atoms. The lowest BCUT2D eigenvalue weighted by atomic mass is 9.96. The van der Waals surface area contributed by atoms with E-state index >= 15 is 0 Å². The first-order chi connectivity index (χ1) is 24.2. The number of fused-ring (bicyclic) bond motifs is 10. The van der Waals surface area contributed by atoms with E-state index < -0.39 is 0 Å². The van der Waals surface area contributed by atoms with Crippen LogP contribution in [-0.2, 0) is 0 Å². The number of hydrogen-bond acceptors (Lipinski definition) is 3. The lowest BCUT2D eigenvalue weighted by molar-refractivity contribution is 0.669. The maximum Gasteiger partial charge on any atom is 0.137 e. The molecule has 7 aromatic carbocycles. The SMILES string of the molecule is N#Cc1ccc2c(c1)c1ccccc1n2-c1cccc(C#N)c1-c1ccc2c(c1)c1ccc3oc4ccccc4c3c1n2-c1ccccc1. The highest BCUT2D eigenvalue weighted by Gasteiger charge is 2.22. The predicted octanol–water partition coefficient (Wildman–Crippen LogP) is 11.2. The summed E-state index contributed by atoms with van der Waals surface area (Å²) >= 11 is 0. The van der Waals surface area contributed by atoms with Crippen molar-refractivity contribution in [1.82, 2.24) is 9.13 Å². The van der Waals surface area contributed by atoms with Crippen LogP contribution in [0.4, 0.5) is 0 Å². The summed E-state index contributed by atoms with van der Waals surface area (Å²) in [5, 5.41) is 26.6. The maximum absolute atomic E-state index is 10.5. The second-order valence-corrected chi connectivity index (χ2v) is 12.3. The fourth-order valence-electron chi connectivity index (χ4n) is 7.74. The molecule has 3 heterocycles. The van der Waals surface area contributed by atoms with Crippen LogP contribution in [0.15, 0.2) is 150 Å². The van der Waals surface area contributed by atoms with Crippen LogP contribution in [0.5, 0.6) is 0 Å². The van der Waals surface area contributed by atoms with E-state index in [-0.39, 0.29) is 0 Å². The molecular weight excluding hydrogens is 601 g/mol. The molecule has 0 fully saturated rings. The van der Waals surface area contributed by atoms with Gasteiger partial charge in [0.25, 0.3) is 0 Å². The van der Waals surface area contributed by atoms with Gasteiger partial charge in [-0.15, -0.1) is 0 Å². The third-order valence-corrected chi connectivity index (χ3v) is 9.78. The van der Waals surface area contributed by atoms with E-state index in [1.807, 2.05) is 60.7 Å². The normalized spacial score (nSPS) is 11.6. The molecule has 3 aromatic heterocycles. The van der Waals surface area contributed by atoms with Crippen molar-refractivity contribution in [3.63, 3.8) is 0 Å². The second-order valence-electron chi connectivity index (χ2n) is 12.3. The molecule has 0 amide bonds. The van der Waals surface area contributed by atoms with Crippen LogP contribution in [-0.4, -0.2) is 9.13 Å². The monoisotopic (exact) mass is 624 g/mol. The average Bonchev–Trinajstić information content (AvgIpc) is 3.81. The number of nitriles is 2. The van der Waals surface area contributed by atoms with Crippen molar-refractivity contribution in [2.24, 2.45) is 0 Å². The Morgan fingerprint density at radius 3 is 2.08 bits per heavy atom. The maximum atomic E-state index is 10.5. The number of benzene rings is 7. The molecule has 0 aliphatic heterocycles. The van der Waals surface area contributed by atoms with Crippen LogP contribution in [0, 0.1) is 22.7 Å². The van der Waals surface area contributed by atoms with Gasteiger partial charge in [-0.3, -0.25) is 0 Å². The minimum absolute atomic E-state index is 0.589. The van der Waals surface area contributed by atoms with Gasteiger partial charge in [0.1, 0.15) is 11.2 Å². The van der Waals surface area contributed by atoms with Crippen molar-refractivity contribution in [3.8, 4) is 34.6 Å². The third-order valence-electron chi connectivity index (χ3n) is 9.78. The Balaban J connectivity index is 1.32. The van der Waals surface area contributed by atoms with Crippen molar-refractivity contribution in [1.29, 1.82) is 10.5 Å². The van der Waals surface area contributed by atoms with Crippen LogP contribution < -0.4 is 0 Å². The topological polar surface area (TPSA) is 70.6 Å². The molecule has 0 radical (unpaired) electrons. The van der Waals surface area contributed by atoms with Gasteiger partial charge in [-0.1, -0.05) is 66.7 Å². The zero-order valence-corrected chi connectivity index (χ0v) is 26.1. The highest BCUT2D eigenvalue weighted by Crippen LogP contribution is 2.43. The van der Waals surface area contributed by atoms with Gasteiger partial charge in [0.05, 0.1) is 56.4 Å². The molecule has 0 saturated carbocycles. The molecule has 0 aliphatic carbocycles. The zero-order chi connectivity index (χ0) is 32.6. The molecule has 5 nitrogen and oxygen atoms in total. The van der Waals surface area contributed by atoms with E-state index in [9.17, 15) is 10.5 Å². The third kappa shape index (κ3) is 3.79. The number of furan rings is 1. The fourth-order valence-corrected chi connectivity index (χ4v) is 7.74. The summed E-state index contributed by atoms with van der Waals surface area (Å²) in [7, 11) is 0. The summed E-state index contributed by atoms with van der Waals surface area (Å²) in [5.41, 5.74) is 10.8. The second kappa shape index (κ2) is 10.2. The van der Waals surface area contributed by atoms with E-state index in [2.05, 4.69) is 106 Å². The van der Waals surface area contributed by atoms with E-state index in [1.54, 1.807) is 0 Å². The quantitative estimate of drug-likeness (QED) is 0.196. The largest absolute Gasteiger partial charge is 0.456 e. The first kappa shape index (κ1) is 27.1.